The molecule has 0 saturated carbocycles. The van der Waals surface area contributed by atoms with Gasteiger partial charge in [0.15, 0.2) is 6.54 Å². The number of likely N-dealkylation sites (N-methyl/N-ethyl adjacent to an activating group) is 1. The second-order valence-corrected chi connectivity index (χ2v) is 8.79. The maximum Gasteiger partial charge on any atom is 0.274 e. The van der Waals surface area contributed by atoms with Crippen LogP contribution in [0.25, 0.3) is 20.8 Å². The maximum absolute atomic E-state index is 11.8. The molecule has 0 radical (unpaired) electrons. The summed E-state index contributed by atoms with van der Waals surface area (Å²) in [5, 5.41) is 7.52. The van der Waals surface area contributed by atoms with Gasteiger partial charge in [-0.1, -0.05) is 12.1 Å². The number of aromatic nitrogens is 1. The van der Waals surface area contributed by atoms with Gasteiger partial charge in [0.2, 0.25) is 5.91 Å². The molecule has 3 N–H and O–H groups in total. The van der Waals surface area contributed by atoms with Crippen LogP contribution in [-0.2, 0) is 22.6 Å². The topological polar surface area (TPSA) is 75.5 Å². The molecule has 0 spiro atoms. The first-order valence-corrected chi connectivity index (χ1v) is 10.5. The zero-order valence-corrected chi connectivity index (χ0v) is 16.9. The van der Waals surface area contributed by atoms with Crippen LogP contribution in [0.3, 0.4) is 0 Å². The molecule has 0 fully saturated rings. The van der Waals surface area contributed by atoms with Crippen molar-refractivity contribution in [1.29, 1.82) is 0 Å². The van der Waals surface area contributed by atoms with Crippen LogP contribution in [0.2, 0.25) is 0 Å². The lowest BCUT2D eigenvalue weighted by Gasteiger charge is -2.23. The maximum atomic E-state index is 11.8. The van der Waals surface area contributed by atoms with E-state index in [2.05, 4.69) is 16.7 Å². The Morgan fingerprint density at radius 1 is 1.26 bits per heavy atom. The van der Waals surface area contributed by atoms with E-state index in [1.807, 2.05) is 18.2 Å². The van der Waals surface area contributed by atoms with Crippen LogP contribution in [0.15, 0.2) is 24.3 Å². The minimum absolute atomic E-state index is 0.0542. The molecule has 2 aromatic heterocycles. The summed E-state index contributed by atoms with van der Waals surface area (Å²) >= 11 is 3.27. The Labute approximate surface area is 165 Å². The lowest BCUT2D eigenvalue weighted by molar-refractivity contribution is -0.907. The lowest BCUT2D eigenvalue weighted by Crippen LogP contribution is -3.12. The van der Waals surface area contributed by atoms with Crippen molar-refractivity contribution in [2.24, 2.45) is 0 Å². The van der Waals surface area contributed by atoms with E-state index in [9.17, 15) is 9.59 Å². The molecule has 1 aliphatic heterocycles. The van der Waals surface area contributed by atoms with Crippen LogP contribution in [0.5, 0.6) is 0 Å². The summed E-state index contributed by atoms with van der Waals surface area (Å²) in [6.45, 7) is 3.70. The third kappa shape index (κ3) is 3.60. The molecule has 0 saturated heterocycles. The van der Waals surface area contributed by atoms with Gasteiger partial charge in [-0.3, -0.25) is 9.59 Å². The molecule has 0 bridgehead atoms. The predicted octanol–water partition coefficient (Wildman–Crippen LogP) is 1.67. The Hall–Kier alpha value is -2.29. The first kappa shape index (κ1) is 18.1. The Kier molecular flexibility index (Phi) is 4.94. The molecule has 6 nitrogen and oxygen atoms in total. The molecule has 2 amide bonds. The molecule has 1 aromatic carbocycles. The summed E-state index contributed by atoms with van der Waals surface area (Å²) < 4.78 is 1.14. The van der Waals surface area contributed by atoms with Gasteiger partial charge in [-0.05, 0) is 17.7 Å². The van der Waals surface area contributed by atoms with Gasteiger partial charge in [-0.2, -0.15) is 0 Å². The standard InChI is InChI=1S/C19H20N4O2S2/c1-11(24)21-18-17(19-22-13-5-3-4-6-14(13)26-19)12-7-8-23(9-15(12)27-18)10-16(25)20-2/h3-6H,7-10H2,1-2H3,(H,20,25)(H,21,24)/p+1. The first-order chi connectivity index (χ1) is 13.0. The molecule has 0 aliphatic carbocycles. The van der Waals surface area contributed by atoms with Gasteiger partial charge in [-0.25, -0.2) is 4.98 Å². The predicted molar refractivity (Wildman–Crippen MR) is 109 cm³/mol. The number of thiazole rings is 1. The molecule has 1 aliphatic rings. The average molecular weight is 402 g/mol. The van der Waals surface area contributed by atoms with E-state index >= 15 is 0 Å². The second-order valence-electron chi connectivity index (χ2n) is 6.65. The van der Waals surface area contributed by atoms with E-state index in [0.29, 0.717) is 6.54 Å². The third-order valence-corrected chi connectivity index (χ3v) is 6.92. The number of hydrogen-bond donors (Lipinski definition) is 3. The van der Waals surface area contributed by atoms with E-state index in [4.69, 9.17) is 4.98 Å². The highest BCUT2D eigenvalue weighted by Crippen LogP contribution is 2.44. The number of amides is 2. The molecule has 3 heterocycles. The lowest BCUT2D eigenvalue weighted by atomic mass is 10.0. The second kappa shape index (κ2) is 7.38. The van der Waals surface area contributed by atoms with Gasteiger partial charge in [0.1, 0.15) is 16.6 Å². The fourth-order valence-electron chi connectivity index (χ4n) is 3.46. The number of para-hydroxylation sites is 1. The number of thiophene rings is 1. The van der Waals surface area contributed by atoms with E-state index in [1.165, 1.54) is 22.3 Å². The summed E-state index contributed by atoms with van der Waals surface area (Å²) in [4.78, 5) is 30.8. The molecule has 27 heavy (non-hydrogen) atoms. The number of benzene rings is 1. The summed E-state index contributed by atoms with van der Waals surface area (Å²) in [5.74, 6) is -0.0241. The summed E-state index contributed by atoms with van der Waals surface area (Å²) in [7, 11) is 1.67. The van der Waals surface area contributed by atoms with Crippen LogP contribution in [-0.4, -0.2) is 36.9 Å². The van der Waals surface area contributed by atoms with E-state index in [-0.39, 0.29) is 11.8 Å². The number of nitrogens with one attached hydrogen (secondary N) is 3. The first-order valence-electron chi connectivity index (χ1n) is 8.87. The average Bonchev–Trinajstić information content (AvgIpc) is 3.20. The van der Waals surface area contributed by atoms with Crippen LogP contribution in [0, 0.1) is 0 Å². The Morgan fingerprint density at radius 2 is 2.07 bits per heavy atom. The number of carbonyl (C=O) groups excluding carboxylic acids is 2. The molecule has 4 rings (SSSR count). The zero-order chi connectivity index (χ0) is 19.0. The highest BCUT2D eigenvalue weighted by Gasteiger charge is 2.30. The van der Waals surface area contributed by atoms with Crippen molar-refractivity contribution in [3.63, 3.8) is 0 Å². The van der Waals surface area contributed by atoms with E-state index in [1.54, 1.807) is 29.7 Å². The molecular formula is C19H21N4O2S2+. The highest BCUT2D eigenvalue weighted by atomic mass is 32.1. The van der Waals surface area contributed by atoms with Gasteiger partial charge >= 0.3 is 0 Å². The smallest absolute Gasteiger partial charge is 0.274 e. The van der Waals surface area contributed by atoms with E-state index in [0.717, 1.165) is 45.3 Å². The van der Waals surface area contributed by atoms with Crippen molar-refractivity contribution < 1.29 is 14.5 Å². The van der Waals surface area contributed by atoms with Crippen molar-refractivity contribution >= 4 is 49.7 Å². The minimum Gasteiger partial charge on any atom is -0.354 e. The van der Waals surface area contributed by atoms with Gasteiger partial charge in [0.05, 0.1) is 21.6 Å². The SMILES string of the molecule is CNC(=O)C[NH+]1CCc2c(sc(NC(C)=O)c2-c2nc3ccccc3s2)C1. The number of quaternary nitrogens is 1. The fraction of sp³-hybridized carbons (Fsp3) is 0.316. The largest absolute Gasteiger partial charge is 0.354 e. The number of fused-ring (bicyclic) bond motifs is 2. The molecule has 1 atom stereocenters. The van der Waals surface area contributed by atoms with Crippen molar-refractivity contribution in [1.82, 2.24) is 10.3 Å². The van der Waals surface area contributed by atoms with Gasteiger partial charge < -0.3 is 15.5 Å². The molecule has 8 heteroatoms. The van der Waals surface area contributed by atoms with Gasteiger partial charge in [0.25, 0.3) is 5.91 Å². The van der Waals surface area contributed by atoms with Gasteiger partial charge in [-0.15, -0.1) is 22.7 Å². The van der Waals surface area contributed by atoms with Crippen LogP contribution < -0.4 is 15.5 Å². The van der Waals surface area contributed by atoms with Crippen molar-refractivity contribution in [3.8, 4) is 10.6 Å². The summed E-state index contributed by atoms with van der Waals surface area (Å²) in [6, 6.07) is 8.09. The number of carbonyl (C=O) groups is 2. The summed E-state index contributed by atoms with van der Waals surface area (Å²) in [6.07, 6.45) is 0.878. The van der Waals surface area contributed by atoms with Crippen LogP contribution in [0.1, 0.15) is 17.4 Å². The number of nitrogens with zero attached hydrogens (tertiary/aromatic N) is 1. The monoisotopic (exact) mass is 401 g/mol. The zero-order valence-electron chi connectivity index (χ0n) is 15.2. The normalized spacial score (nSPS) is 16.1. The van der Waals surface area contributed by atoms with Crippen molar-refractivity contribution in [3.05, 3.63) is 34.7 Å². The number of rotatable bonds is 4. The molecule has 140 valence electrons. The Bertz CT molecular complexity index is 991. The van der Waals surface area contributed by atoms with Crippen molar-refractivity contribution in [2.45, 2.75) is 19.9 Å². The number of anilines is 1. The fourth-order valence-corrected chi connectivity index (χ4v) is 5.93. The highest BCUT2D eigenvalue weighted by molar-refractivity contribution is 7.22. The molecular weight excluding hydrogens is 380 g/mol. The minimum atomic E-state index is -0.0782. The Morgan fingerprint density at radius 3 is 2.81 bits per heavy atom. The van der Waals surface area contributed by atoms with Crippen molar-refractivity contribution in [2.75, 3.05) is 25.5 Å². The third-order valence-electron chi connectivity index (χ3n) is 4.72. The number of hydrogen-bond acceptors (Lipinski definition) is 5. The quantitative estimate of drug-likeness (QED) is 0.623. The Balaban J connectivity index is 1.74. The molecule has 3 aromatic rings. The molecule has 1 unspecified atom stereocenters. The van der Waals surface area contributed by atoms with Crippen LogP contribution in [0.4, 0.5) is 5.00 Å². The van der Waals surface area contributed by atoms with Crippen LogP contribution >= 0.6 is 22.7 Å². The summed E-state index contributed by atoms with van der Waals surface area (Å²) in [5.41, 5.74) is 3.31. The van der Waals surface area contributed by atoms with E-state index < -0.39 is 0 Å². The van der Waals surface area contributed by atoms with Gasteiger partial charge in [0, 0.05) is 26.0 Å².